The first kappa shape index (κ1) is 16.9. The molecular formula is C11H12Cl2N2O4S. The lowest BCUT2D eigenvalue weighted by atomic mass is 10.2. The summed E-state index contributed by atoms with van der Waals surface area (Å²) in [5.41, 5.74) is -0.359. The van der Waals surface area contributed by atoms with Crippen LogP contribution in [-0.4, -0.2) is 33.6 Å². The number of nitrogens with zero attached hydrogens (tertiary/aromatic N) is 1. The van der Waals surface area contributed by atoms with Crippen LogP contribution in [0, 0.1) is 10.1 Å². The van der Waals surface area contributed by atoms with E-state index in [-0.39, 0.29) is 21.3 Å². The lowest BCUT2D eigenvalue weighted by molar-refractivity contribution is -0.384. The number of benzene rings is 1. The Morgan fingerprint density at radius 2 is 2.10 bits per heavy atom. The van der Waals surface area contributed by atoms with Crippen LogP contribution in [0.4, 0.5) is 5.69 Å². The molecule has 0 aliphatic rings. The number of nitrogens with one attached hydrogen (secondary N) is 1. The Morgan fingerprint density at radius 3 is 2.65 bits per heavy atom. The van der Waals surface area contributed by atoms with Crippen molar-refractivity contribution in [3.8, 4) is 0 Å². The molecule has 0 bridgehead atoms. The number of rotatable bonds is 6. The number of nitro benzene ring substituents is 1. The number of carbonyl (C=O) groups excluding carboxylic acids is 1. The summed E-state index contributed by atoms with van der Waals surface area (Å²) in [4.78, 5) is 21.9. The second-order valence-corrected chi connectivity index (χ2v) is 6.27. The molecule has 1 N–H and O–H groups in total. The minimum Gasteiger partial charge on any atom is -0.352 e. The zero-order valence-corrected chi connectivity index (χ0v) is 12.8. The van der Waals surface area contributed by atoms with Gasteiger partial charge in [-0.25, -0.2) is 0 Å². The highest BCUT2D eigenvalue weighted by Gasteiger charge is 2.19. The molecule has 0 spiro atoms. The van der Waals surface area contributed by atoms with Crippen LogP contribution in [0.5, 0.6) is 0 Å². The maximum Gasteiger partial charge on any atom is 0.271 e. The highest BCUT2D eigenvalue weighted by molar-refractivity contribution is 7.84. The van der Waals surface area contributed by atoms with E-state index in [0.29, 0.717) is 18.7 Å². The van der Waals surface area contributed by atoms with Crippen molar-refractivity contribution in [1.82, 2.24) is 5.32 Å². The van der Waals surface area contributed by atoms with Crippen molar-refractivity contribution in [3.05, 3.63) is 37.9 Å². The third kappa shape index (κ3) is 4.73. The fraction of sp³-hybridized carbons (Fsp3) is 0.364. The van der Waals surface area contributed by atoms with E-state index < -0.39 is 21.6 Å². The van der Waals surface area contributed by atoms with E-state index in [1.165, 1.54) is 0 Å². The van der Waals surface area contributed by atoms with Crippen molar-refractivity contribution in [3.63, 3.8) is 0 Å². The third-order valence-corrected chi connectivity index (χ3v) is 4.03. The van der Waals surface area contributed by atoms with Gasteiger partial charge in [0, 0.05) is 41.5 Å². The zero-order valence-electron chi connectivity index (χ0n) is 10.5. The summed E-state index contributed by atoms with van der Waals surface area (Å²) in [7, 11) is -0.930. The van der Waals surface area contributed by atoms with Gasteiger partial charge in [0.25, 0.3) is 11.6 Å². The summed E-state index contributed by atoms with van der Waals surface area (Å²) in [6.07, 6.45) is 2.11. The predicted molar refractivity (Wildman–Crippen MR) is 79.0 cm³/mol. The summed E-state index contributed by atoms with van der Waals surface area (Å²) >= 11 is 11.6. The normalized spacial score (nSPS) is 11.9. The highest BCUT2D eigenvalue weighted by atomic mass is 35.5. The van der Waals surface area contributed by atoms with Gasteiger partial charge < -0.3 is 5.32 Å². The third-order valence-electron chi connectivity index (χ3n) is 2.36. The van der Waals surface area contributed by atoms with Crippen molar-refractivity contribution < 1.29 is 13.9 Å². The molecule has 1 aromatic rings. The molecule has 0 heterocycles. The fourth-order valence-electron chi connectivity index (χ4n) is 1.42. The molecule has 6 nitrogen and oxygen atoms in total. The average Bonchev–Trinajstić information content (AvgIpc) is 2.36. The van der Waals surface area contributed by atoms with E-state index >= 15 is 0 Å². The quantitative estimate of drug-likeness (QED) is 0.490. The van der Waals surface area contributed by atoms with Gasteiger partial charge in [0.15, 0.2) is 0 Å². The largest absolute Gasteiger partial charge is 0.352 e. The number of halogens is 2. The minimum atomic E-state index is -0.930. The van der Waals surface area contributed by atoms with Gasteiger partial charge >= 0.3 is 0 Å². The lowest BCUT2D eigenvalue weighted by Crippen LogP contribution is -2.25. The van der Waals surface area contributed by atoms with E-state index in [4.69, 9.17) is 23.2 Å². The van der Waals surface area contributed by atoms with Crippen LogP contribution < -0.4 is 5.32 Å². The maximum absolute atomic E-state index is 11.9. The molecule has 1 aromatic carbocycles. The van der Waals surface area contributed by atoms with E-state index in [1.54, 1.807) is 6.26 Å². The molecule has 0 aliphatic heterocycles. The number of hydrogen-bond donors (Lipinski definition) is 1. The molecule has 1 amide bonds. The second-order valence-electron chi connectivity index (χ2n) is 3.93. The van der Waals surface area contributed by atoms with Gasteiger partial charge in [-0.15, -0.1) is 0 Å². The molecule has 0 aromatic heterocycles. The Kier molecular flexibility index (Phi) is 6.38. The van der Waals surface area contributed by atoms with Crippen molar-refractivity contribution in [2.24, 2.45) is 0 Å². The molecule has 9 heteroatoms. The monoisotopic (exact) mass is 338 g/mol. The first-order valence-corrected chi connectivity index (χ1v) is 8.03. The Labute approximate surface area is 128 Å². The highest BCUT2D eigenvalue weighted by Crippen LogP contribution is 2.30. The molecule has 0 aliphatic carbocycles. The number of hydrogen-bond acceptors (Lipinski definition) is 4. The molecule has 1 atom stereocenters. The Hall–Kier alpha value is -1.18. The minimum absolute atomic E-state index is 0.0335. The van der Waals surface area contributed by atoms with E-state index in [2.05, 4.69) is 5.32 Å². The Morgan fingerprint density at radius 1 is 1.45 bits per heavy atom. The second kappa shape index (κ2) is 7.56. The first-order chi connectivity index (χ1) is 9.32. The maximum atomic E-state index is 11.9. The van der Waals surface area contributed by atoms with Gasteiger partial charge in [0.05, 0.1) is 20.5 Å². The molecule has 0 fully saturated rings. The SMILES string of the molecule is CS(=O)CCCNC(=O)c1cc([N+](=O)[O-])cc(Cl)c1Cl. The van der Waals surface area contributed by atoms with Crippen LogP contribution in [0.2, 0.25) is 10.0 Å². The fourth-order valence-corrected chi connectivity index (χ4v) is 2.38. The summed E-state index contributed by atoms with van der Waals surface area (Å²) in [6, 6.07) is 2.16. The molecule has 1 unspecified atom stereocenters. The number of nitro groups is 1. The van der Waals surface area contributed by atoms with E-state index in [0.717, 1.165) is 12.1 Å². The molecule has 20 heavy (non-hydrogen) atoms. The number of carbonyl (C=O) groups is 1. The molecule has 0 saturated carbocycles. The van der Waals surface area contributed by atoms with Crippen LogP contribution in [0.1, 0.15) is 16.8 Å². The Bertz CT molecular complexity index is 566. The zero-order chi connectivity index (χ0) is 15.3. The summed E-state index contributed by atoms with van der Waals surface area (Å²) < 4.78 is 10.9. The Balaban J connectivity index is 2.81. The molecule has 110 valence electrons. The van der Waals surface area contributed by atoms with Crippen molar-refractivity contribution in [2.75, 3.05) is 18.6 Å². The van der Waals surface area contributed by atoms with Crippen LogP contribution in [0.3, 0.4) is 0 Å². The van der Waals surface area contributed by atoms with E-state index in [1.807, 2.05) is 0 Å². The molecule has 1 rings (SSSR count). The van der Waals surface area contributed by atoms with Crippen molar-refractivity contribution in [2.45, 2.75) is 6.42 Å². The topological polar surface area (TPSA) is 89.3 Å². The van der Waals surface area contributed by atoms with Crippen LogP contribution in [0.25, 0.3) is 0 Å². The average molecular weight is 339 g/mol. The van der Waals surface area contributed by atoms with Gasteiger partial charge in [-0.2, -0.15) is 0 Å². The van der Waals surface area contributed by atoms with Gasteiger partial charge in [0.2, 0.25) is 0 Å². The smallest absolute Gasteiger partial charge is 0.271 e. The van der Waals surface area contributed by atoms with Crippen molar-refractivity contribution >= 4 is 45.6 Å². The summed E-state index contributed by atoms with van der Waals surface area (Å²) in [5, 5.41) is 13.2. The summed E-state index contributed by atoms with van der Waals surface area (Å²) in [6.45, 7) is 0.301. The molecule has 0 saturated heterocycles. The van der Waals surface area contributed by atoms with Gasteiger partial charge in [0.1, 0.15) is 0 Å². The van der Waals surface area contributed by atoms with Gasteiger partial charge in [-0.1, -0.05) is 23.2 Å². The van der Waals surface area contributed by atoms with Crippen LogP contribution in [0.15, 0.2) is 12.1 Å². The van der Waals surface area contributed by atoms with Gasteiger partial charge in [-0.05, 0) is 6.42 Å². The first-order valence-electron chi connectivity index (χ1n) is 5.54. The molecule has 0 radical (unpaired) electrons. The van der Waals surface area contributed by atoms with Crippen LogP contribution in [-0.2, 0) is 10.8 Å². The lowest BCUT2D eigenvalue weighted by Gasteiger charge is -2.07. The van der Waals surface area contributed by atoms with Crippen molar-refractivity contribution in [1.29, 1.82) is 0 Å². The van der Waals surface area contributed by atoms with Gasteiger partial charge in [-0.3, -0.25) is 19.1 Å². The van der Waals surface area contributed by atoms with E-state index in [9.17, 15) is 19.1 Å². The standard InChI is InChI=1S/C11H12Cl2N2O4S/c1-20(19)4-2-3-14-11(16)8-5-7(15(17)18)6-9(12)10(8)13/h5-6H,2-4H2,1H3,(H,14,16). The predicted octanol–water partition coefficient (Wildman–Crippen LogP) is 2.40. The number of non-ortho nitro benzene ring substituents is 1. The molecular weight excluding hydrogens is 327 g/mol. The van der Waals surface area contributed by atoms with Crippen LogP contribution >= 0.6 is 23.2 Å². The number of amides is 1. The summed E-state index contributed by atoms with van der Waals surface area (Å²) in [5.74, 6) is -0.0912.